The van der Waals surface area contributed by atoms with Gasteiger partial charge in [0.25, 0.3) is 6.71 Å². The molecule has 0 saturated heterocycles. The minimum atomic E-state index is -0.0515. The van der Waals surface area contributed by atoms with Gasteiger partial charge >= 0.3 is 0 Å². The number of nitrogens with zero attached hydrogens (tertiary/aromatic N) is 2. The second-order valence-electron chi connectivity index (χ2n) is 21.1. The van der Waals surface area contributed by atoms with E-state index in [1.165, 1.54) is 55.8 Å². The van der Waals surface area contributed by atoms with Gasteiger partial charge in [0.05, 0.1) is 0 Å². The van der Waals surface area contributed by atoms with Crippen molar-refractivity contribution in [2.24, 2.45) is 0 Å². The number of furan rings is 2. The average molecular weight is 879 g/mol. The Balaban J connectivity index is 1.04. The molecule has 0 bridgehead atoms. The highest BCUT2D eigenvalue weighted by molar-refractivity contribution is 7.00. The zero-order chi connectivity index (χ0) is 46.2. The Morgan fingerprint density at radius 2 is 0.912 bits per heavy atom. The minimum Gasteiger partial charge on any atom is -0.456 e. The number of hydrogen-bond donors (Lipinski definition) is 0. The van der Waals surface area contributed by atoms with E-state index in [9.17, 15) is 0 Å². The Hall–Kier alpha value is -7.76. The first-order chi connectivity index (χ1) is 32.9. The molecule has 5 heteroatoms. The van der Waals surface area contributed by atoms with Gasteiger partial charge in [0.1, 0.15) is 22.3 Å². The van der Waals surface area contributed by atoms with Gasteiger partial charge in [0.15, 0.2) is 0 Å². The molecule has 0 radical (unpaired) electrons. The van der Waals surface area contributed by atoms with Crippen LogP contribution in [0.25, 0.3) is 66.1 Å². The van der Waals surface area contributed by atoms with Crippen LogP contribution in [0.2, 0.25) is 0 Å². The van der Waals surface area contributed by atoms with Crippen LogP contribution in [0.15, 0.2) is 191 Å². The maximum atomic E-state index is 6.61. The summed E-state index contributed by atoms with van der Waals surface area (Å²) in [7, 11) is 0. The predicted molar refractivity (Wildman–Crippen MR) is 288 cm³/mol. The van der Waals surface area contributed by atoms with Gasteiger partial charge < -0.3 is 18.6 Å². The summed E-state index contributed by atoms with van der Waals surface area (Å²) in [4.78, 5) is 5.06. The molecule has 0 spiro atoms. The number of rotatable bonds is 4. The lowest BCUT2D eigenvalue weighted by molar-refractivity contribution is 0.590. The highest BCUT2D eigenvalue weighted by atomic mass is 16.3. The fourth-order valence-corrected chi connectivity index (χ4v) is 11.1. The van der Waals surface area contributed by atoms with E-state index in [-0.39, 0.29) is 17.5 Å². The van der Waals surface area contributed by atoms with Crippen molar-refractivity contribution >= 4 is 101 Å². The van der Waals surface area contributed by atoms with E-state index in [0.717, 1.165) is 77.5 Å². The molecular weight excluding hydrogens is 828 g/mol. The van der Waals surface area contributed by atoms with Gasteiger partial charge in [-0.25, -0.2) is 0 Å². The summed E-state index contributed by atoms with van der Waals surface area (Å²) in [6, 6.07) is 67.2. The van der Waals surface area contributed by atoms with E-state index in [4.69, 9.17) is 8.83 Å². The second-order valence-corrected chi connectivity index (χ2v) is 21.1. The Morgan fingerprint density at radius 3 is 1.54 bits per heavy atom. The first-order valence-corrected chi connectivity index (χ1v) is 23.9. The number of benzene rings is 9. The molecule has 2 aliphatic rings. The summed E-state index contributed by atoms with van der Waals surface area (Å²) in [5.74, 6) is 0. The summed E-state index contributed by atoms with van der Waals surface area (Å²) in [5, 5.41) is 4.54. The monoisotopic (exact) mass is 878 g/mol. The summed E-state index contributed by atoms with van der Waals surface area (Å²) < 4.78 is 13.0. The largest absolute Gasteiger partial charge is 0.456 e. The number of hydrogen-bond acceptors (Lipinski definition) is 4. The first-order valence-electron chi connectivity index (χ1n) is 23.9. The third kappa shape index (κ3) is 6.22. The molecule has 0 amide bonds. The molecule has 2 aliphatic heterocycles. The molecule has 9 aromatic carbocycles. The van der Waals surface area contributed by atoms with Gasteiger partial charge in [0, 0.05) is 61.2 Å². The molecule has 13 rings (SSSR count). The quantitative estimate of drug-likeness (QED) is 0.165. The molecule has 0 aliphatic carbocycles. The molecular formula is C63H51BN2O2. The van der Waals surface area contributed by atoms with Crippen molar-refractivity contribution in [1.29, 1.82) is 0 Å². The zero-order valence-electron chi connectivity index (χ0n) is 39.6. The molecule has 0 unspecified atom stereocenters. The van der Waals surface area contributed by atoms with Crippen molar-refractivity contribution in [2.75, 3.05) is 9.80 Å². The van der Waals surface area contributed by atoms with Gasteiger partial charge in [-0.05, 0) is 140 Å². The Morgan fingerprint density at radius 1 is 0.397 bits per heavy atom. The van der Waals surface area contributed by atoms with Crippen molar-refractivity contribution < 1.29 is 8.83 Å². The van der Waals surface area contributed by atoms with Crippen molar-refractivity contribution in [3.05, 3.63) is 199 Å². The Bertz CT molecular complexity index is 3880. The summed E-state index contributed by atoms with van der Waals surface area (Å²) in [6.45, 7) is 16.2. The predicted octanol–water partition coefficient (Wildman–Crippen LogP) is 15.8. The van der Waals surface area contributed by atoms with E-state index in [2.05, 4.69) is 222 Å². The van der Waals surface area contributed by atoms with Crippen LogP contribution in [0.4, 0.5) is 34.1 Å². The van der Waals surface area contributed by atoms with Gasteiger partial charge in [-0.1, -0.05) is 151 Å². The molecule has 4 heterocycles. The van der Waals surface area contributed by atoms with Crippen LogP contribution in [0.1, 0.15) is 58.2 Å². The van der Waals surface area contributed by atoms with Crippen molar-refractivity contribution in [3.8, 4) is 22.3 Å². The minimum absolute atomic E-state index is 0.00569. The number of anilines is 6. The molecule has 4 nitrogen and oxygen atoms in total. The molecule has 0 N–H and O–H groups in total. The van der Waals surface area contributed by atoms with Gasteiger partial charge in [0.2, 0.25) is 0 Å². The van der Waals surface area contributed by atoms with Crippen molar-refractivity contribution in [2.45, 2.75) is 59.3 Å². The topological polar surface area (TPSA) is 32.8 Å². The van der Waals surface area contributed by atoms with Crippen LogP contribution >= 0.6 is 0 Å². The van der Waals surface area contributed by atoms with Crippen LogP contribution < -0.4 is 26.2 Å². The lowest BCUT2D eigenvalue weighted by Crippen LogP contribution is -2.61. The average Bonchev–Trinajstić information content (AvgIpc) is 3.91. The second kappa shape index (κ2) is 14.6. The van der Waals surface area contributed by atoms with E-state index in [1.807, 2.05) is 18.2 Å². The molecule has 68 heavy (non-hydrogen) atoms. The maximum Gasteiger partial charge on any atom is 0.252 e. The standard InChI is InChI=1S/C63H51BN2O2/c1-38-31-55-60-56(32-38)66(45-18-13-16-41(34-45)46-21-14-22-50-48-20-9-11-24-58(48)68-61(46)50)54-30-27-43(63(5,6)7)37-52(54)64(60)51-36-42(62(2,3)4)26-29-53(51)65(55)44-17-12-15-39(33-44)40-25-28-49-47-19-8-10-23-57(47)67-59(49)35-40/h8-37H,1-7H3. The third-order valence-electron chi connectivity index (χ3n) is 14.6. The van der Waals surface area contributed by atoms with E-state index < -0.39 is 0 Å². The van der Waals surface area contributed by atoms with Crippen LogP contribution in [0.3, 0.4) is 0 Å². The summed E-state index contributed by atoms with van der Waals surface area (Å²) >= 11 is 0. The van der Waals surface area contributed by atoms with E-state index in [0.29, 0.717) is 0 Å². The van der Waals surface area contributed by atoms with Crippen LogP contribution in [0, 0.1) is 6.92 Å². The van der Waals surface area contributed by atoms with Crippen LogP contribution in [-0.2, 0) is 10.8 Å². The van der Waals surface area contributed by atoms with Crippen LogP contribution in [0.5, 0.6) is 0 Å². The highest BCUT2D eigenvalue weighted by Crippen LogP contribution is 2.47. The smallest absolute Gasteiger partial charge is 0.252 e. The number of aryl methyl sites for hydroxylation is 1. The summed E-state index contributed by atoms with van der Waals surface area (Å²) in [6.07, 6.45) is 0. The molecule has 11 aromatic rings. The van der Waals surface area contributed by atoms with Gasteiger partial charge in [-0.2, -0.15) is 0 Å². The SMILES string of the molecule is Cc1cc2c3c(c1)N(c1cccc(-c4cccc5c4oc4ccccc45)c1)c1ccc(C(C)(C)C)cc1B3c1cc(C(C)(C)C)ccc1N2c1cccc(-c2ccc3c(c2)oc2ccccc23)c1. The van der Waals surface area contributed by atoms with Crippen LogP contribution in [-0.4, -0.2) is 6.71 Å². The van der Waals surface area contributed by atoms with E-state index >= 15 is 0 Å². The van der Waals surface area contributed by atoms with Crippen molar-refractivity contribution in [1.82, 2.24) is 0 Å². The third-order valence-corrected chi connectivity index (χ3v) is 14.6. The summed E-state index contributed by atoms with van der Waals surface area (Å²) in [5.41, 5.74) is 22.8. The fraction of sp³-hybridized carbons (Fsp3) is 0.143. The number of para-hydroxylation sites is 3. The molecule has 0 saturated carbocycles. The molecule has 328 valence electrons. The van der Waals surface area contributed by atoms with Gasteiger partial charge in [-0.15, -0.1) is 0 Å². The fourth-order valence-electron chi connectivity index (χ4n) is 11.1. The lowest BCUT2D eigenvalue weighted by Gasteiger charge is -2.45. The Labute approximate surface area is 398 Å². The van der Waals surface area contributed by atoms with Gasteiger partial charge in [-0.3, -0.25) is 0 Å². The first kappa shape index (κ1) is 40.5. The normalized spacial score (nSPS) is 13.4. The maximum absolute atomic E-state index is 6.61. The lowest BCUT2D eigenvalue weighted by atomic mass is 9.33. The molecule has 2 aromatic heterocycles. The molecule has 0 fully saturated rings. The van der Waals surface area contributed by atoms with E-state index in [1.54, 1.807) is 0 Å². The Kier molecular flexibility index (Phi) is 8.71. The zero-order valence-corrected chi connectivity index (χ0v) is 39.6. The number of fused-ring (bicyclic) bond motifs is 10. The highest BCUT2D eigenvalue weighted by Gasteiger charge is 2.44. The molecule has 0 atom stereocenters. The van der Waals surface area contributed by atoms with Crippen molar-refractivity contribution in [3.63, 3.8) is 0 Å².